The monoisotopic (exact) mass is 363 g/mol. The topological polar surface area (TPSA) is 54.5 Å². The number of anilines is 1. The van der Waals surface area contributed by atoms with Crippen molar-refractivity contribution in [3.8, 4) is 5.75 Å². The van der Waals surface area contributed by atoms with Gasteiger partial charge < -0.3 is 15.0 Å². The van der Waals surface area contributed by atoms with Crippen LogP contribution < -0.4 is 10.1 Å². The second-order valence-electron chi connectivity index (χ2n) is 6.27. The number of pyridine rings is 1. The van der Waals surface area contributed by atoms with E-state index in [1.54, 1.807) is 42.5 Å². The molecule has 136 valence electrons. The maximum Gasteiger partial charge on any atom is 0.258 e. The van der Waals surface area contributed by atoms with E-state index < -0.39 is 6.17 Å². The van der Waals surface area contributed by atoms with Gasteiger partial charge in [-0.05, 0) is 42.0 Å². The van der Waals surface area contributed by atoms with Gasteiger partial charge in [-0.25, -0.2) is 4.39 Å². The number of nitrogens with one attached hydrogen (secondary N) is 1. The highest BCUT2D eigenvalue weighted by molar-refractivity contribution is 5.98. The van der Waals surface area contributed by atoms with Crippen molar-refractivity contribution in [3.05, 3.63) is 89.5 Å². The normalized spacial score (nSPS) is 15.6. The SMILES string of the molecule is COc1cccc(NC2c3ncccc3C(=O)N2Cc2ccc(F)cc2)c1. The zero-order chi connectivity index (χ0) is 18.8. The largest absolute Gasteiger partial charge is 0.497 e. The minimum atomic E-state index is -0.425. The van der Waals surface area contributed by atoms with E-state index in [0.29, 0.717) is 17.8 Å². The molecule has 3 aromatic rings. The summed E-state index contributed by atoms with van der Waals surface area (Å²) in [5.41, 5.74) is 2.90. The van der Waals surface area contributed by atoms with Crippen LogP contribution >= 0.6 is 0 Å². The minimum Gasteiger partial charge on any atom is -0.497 e. The molecule has 0 aliphatic carbocycles. The maximum atomic E-state index is 13.2. The third kappa shape index (κ3) is 3.33. The Morgan fingerprint density at radius 2 is 1.96 bits per heavy atom. The van der Waals surface area contributed by atoms with Gasteiger partial charge in [-0.3, -0.25) is 9.78 Å². The lowest BCUT2D eigenvalue weighted by Crippen LogP contribution is -2.32. The molecule has 27 heavy (non-hydrogen) atoms. The number of carbonyl (C=O) groups is 1. The smallest absolute Gasteiger partial charge is 0.258 e. The summed E-state index contributed by atoms with van der Waals surface area (Å²) in [4.78, 5) is 19.1. The Kier molecular flexibility index (Phi) is 4.46. The zero-order valence-corrected chi connectivity index (χ0v) is 14.7. The number of hydrogen-bond acceptors (Lipinski definition) is 4. The van der Waals surface area contributed by atoms with Gasteiger partial charge in [0.1, 0.15) is 17.7 Å². The fourth-order valence-corrected chi connectivity index (χ4v) is 3.20. The number of nitrogens with zero attached hydrogens (tertiary/aromatic N) is 2. The Morgan fingerprint density at radius 1 is 1.15 bits per heavy atom. The van der Waals surface area contributed by atoms with Crippen LogP contribution in [0.3, 0.4) is 0 Å². The predicted octanol–water partition coefficient (Wildman–Crippen LogP) is 4.00. The van der Waals surface area contributed by atoms with Gasteiger partial charge >= 0.3 is 0 Å². The fraction of sp³-hybridized carbons (Fsp3) is 0.143. The Morgan fingerprint density at radius 3 is 2.74 bits per heavy atom. The van der Waals surface area contributed by atoms with Gasteiger partial charge in [0, 0.05) is 24.5 Å². The first kappa shape index (κ1) is 17.0. The number of aromatic nitrogens is 1. The highest BCUT2D eigenvalue weighted by Crippen LogP contribution is 2.34. The van der Waals surface area contributed by atoms with Gasteiger partial charge in [0.25, 0.3) is 5.91 Å². The van der Waals surface area contributed by atoms with Crippen LogP contribution in [0.1, 0.15) is 27.8 Å². The number of hydrogen-bond donors (Lipinski definition) is 1. The molecule has 0 spiro atoms. The van der Waals surface area contributed by atoms with Crippen molar-refractivity contribution < 1.29 is 13.9 Å². The third-order valence-corrected chi connectivity index (χ3v) is 4.54. The van der Waals surface area contributed by atoms with Crippen molar-refractivity contribution in [2.24, 2.45) is 0 Å². The number of amides is 1. The summed E-state index contributed by atoms with van der Waals surface area (Å²) in [6.07, 6.45) is 1.25. The Bertz CT molecular complexity index is 975. The average Bonchev–Trinajstić information content (AvgIpc) is 2.96. The number of benzene rings is 2. The van der Waals surface area contributed by atoms with Crippen LogP contribution in [0.2, 0.25) is 0 Å². The molecule has 0 bridgehead atoms. The third-order valence-electron chi connectivity index (χ3n) is 4.54. The van der Waals surface area contributed by atoms with E-state index in [0.717, 1.165) is 17.0 Å². The summed E-state index contributed by atoms with van der Waals surface area (Å²) in [5.74, 6) is 0.306. The van der Waals surface area contributed by atoms with Crippen molar-refractivity contribution in [1.82, 2.24) is 9.88 Å². The first-order chi connectivity index (χ1) is 13.2. The van der Waals surface area contributed by atoms with Crippen LogP contribution in [0.25, 0.3) is 0 Å². The average molecular weight is 363 g/mol. The molecule has 2 aromatic carbocycles. The molecule has 1 atom stereocenters. The molecule has 0 radical (unpaired) electrons. The number of rotatable bonds is 5. The maximum absolute atomic E-state index is 13.2. The molecule has 2 heterocycles. The second kappa shape index (κ2) is 7.07. The standard InChI is InChI=1S/C21H18FN3O2/c1-27-17-5-2-4-16(12-17)24-20-19-18(6-3-11-23-19)21(26)25(20)13-14-7-9-15(22)10-8-14/h2-12,20,24H,13H2,1H3. The van der Waals surface area contributed by atoms with Gasteiger partial charge in [-0.15, -0.1) is 0 Å². The number of halogens is 1. The van der Waals surface area contributed by atoms with E-state index in [1.165, 1.54) is 12.1 Å². The van der Waals surface area contributed by atoms with Crippen LogP contribution in [0.5, 0.6) is 5.75 Å². The van der Waals surface area contributed by atoms with Crippen molar-refractivity contribution in [2.45, 2.75) is 12.7 Å². The summed E-state index contributed by atoms with van der Waals surface area (Å²) in [7, 11) is 1.61. The summed E-state index contributed by atoms with van der Waals surface area (Å²) in [5, 5.41) is 3.37. The summed E-state index contributed by atoms with van der Waals surface area (Å²) in [6.45, 7) is 0.344. The molecule has 1 unspecified atom stereocenters. The van der Waals surface area contributed by atoms with Crippen LogP contribution in [-0.4, -0.2) is 22.9 Å². The van der Waals surface area contributed by atoms with E-state index in [1.807, 2.05) is 24.3 Å². The Hall–Kier alpha value is -3.41. The fourth-order valence-electron chi connectivity index (χ4n) is 3.20. The molecule has 1 amide bonds. The lowest BCUT2D eigenvalue weighted by Gasteiger charge is -2.26. The number of methoxy groups -OCH3 is 1. The lowest BCUT2D eigenvalue weighted by atomic mass is 10.2. The summed E-state index contributed by atoms with van der Waals surface area (Å²) in [6, 6.07) is 17.2. The van der Waals surface area contributed by atoms with Gasteiger partial charge in [-0.1, -0.05) is 18.2 Å². The lowest BCUT2D eigenvalue weighted by molar-refractivity contribution is 0.0728. The van der Waals surface area contributed by atoms with Crippen LogP contribution in [0, 0.1) is 5.82 Å². The zero-order valence-electron chi connectivity index (χ0n) is 14.7. The molecule has 0 saturated heterocycles. The van der Waals surface area contributed by atoms with Gasteiger partial charge in [-0.2, -0.15) is 0 Å². The minimum absolute atomic E-state index is 0.108. The Labute approximate surface area is 156 Å². The molecule has 0 saturated carbocycles. The number of fused-ring (bicyclic) bond motifs is 1. The number of carbonyl (C=O) groups excluding carboxylic acids is 1. The van der Waals surface area contributed by atoms with Crippen LogP contribution in [0.4, 0.5) is 10.1 Å². The van der Waals surface area contributed by atoms with Crippen LogP contribution in [-0.2, 0) is 6.54 Å². The molecule has 6 heteroatoms. The molecule has 1 aromatic heterocycles. The molecule has 5 nitrogen and oxygen atoms in total. The number of ether oxygens (including phenoxy) is 1. The quantitative estimate of drug-likeness (QED) is 0.745. The molecular formula is C21H18FN3O2. The Balaban J connectivity index is 1.67. The van der Waals surface area contributed by atoms with E-state index in [2.05, 4.69) is 10.3 Å². The molecule has 1 N–H and O–H groups in total. The molecule has 1 aliphatic heterocycles. The predicted molar refractivity (Wildman–Crippen MR) is 99.9 cm³/mol. The van der Waals surface area contributed by atoms with Gasteiger partial charge in [0.05, 0.1) is 18.4 Å². The first-order valence-electron chi connectivity index (χ1n) is 8.56. The van der Waals surface area contributed by atoms with E-state index in [9.17, 15) is 9.18 Å². The molecule has 1 aliphatic rings. The van der Waals surface area contributed by atoms with Crippen LogP contribution in [0.15, 0.2) is 66.9 Å². The van der Waals surface area contributed by atoms with Gasteiger partial charge in [0.15, 0.2) is 0 Å². The highest BCUT2D eigenvalue weighted by Gasteiger charge is 2.37. The first-order valence-corrected chi connectivity index (χ1v) is 8.56. The van der Waals surface area contributed by atoms with E-state index >= 15 is 0 Å². The van der Waals surface area contributed by atoms with E-state index in [-0.39, 0.29) is 11.7 Å². The van der Waals surface area contributed by atoms with Gasteiger partial charge in [0.2, 0.25) is 0 Å². The van der Waals surface area contributed by atoms with Crippen molar-refractivity contribution in [3.63, 3.8) is 0 Å². The van der Waals surface area contributed by atoms with E-state index in [4.69, 9.17) is 4.74 Å². The summed E-state index contributed by atoms with van der Waals surface area (Å²) < 4.78 is 18.5. The molecular weight excluding hydrogens is 345 g/mol. The summed E-state index contributed by atoms with van der Waals surface area (Å²) >= 11 is 0. The van der Waals surface area contributed by atoms with Crippen molar-refractivity contribution in [1.29, 1.82) is 0 Å². The highest BCUT2D eigenvalue weighted by atomic mass is 19.1. The molecule has 4 rings (SSSR count). The van der Waals surface area contributed by atoms with Crippen molar-refractivity contribution in [2.75, 3.05) is 12.4 Å². The second-order valence-corrected chi connectivity index (χ2v) is 6.27. The molecule has 0 fully saturated rings. The van der Waals surface area contributed by atoms with Crippen molar-refractivity contribution >= 4 is 11.6 Å².